The third-order valence-electron chi connectivity index (χ3n) is 6.13. The summed E-state index contributed by atoms with van der Waals surface area (Å²) in [6, 6.07) is 11.7. The smallest absolute Gasteiger partial charge is 0.262 e. The number of nitrogens with zero attached hydrogens (tertiary/aromatic N) is 4. The number of hydrogen-bond donors (Lipinski definition) is 1. The predicted octanol–water partition coefficient (Wildman–Crippen LogP) is 4.89. The fourth-order valence-electron chi connectivity index (χ4n) is 3.95. The first-order chi connectivity index (χ1) is 16.3. The molecular weight excluding hydrogens is 446 g/mol. The van der Waals surface area contributed by atoms with Gasteiger partial charge < -0.3 is 5.32 Å². The summed E-state index contributed by atoms with van der Waals surface area (Å²) in [4.78, 5) is 26.1. The molecule has 0 saturated carbocycles. The first-order valence-corrected chi connectivity index (χ1v) is 12.7. The van der Waals surface area contributed by atoms with Crippen LogP contribution < -0.4 is 10.9 Å². The summed E-state index contributed by atoms with van der Waals surface area (Å²) in [5, 5.41) is 13.1. The SMILES string of the molecule is CCCn1c(=O)c2ccc(C(=O)NC(C)CC)cc2n2c(SCc3cc(C)ccc3C)nnc12. The highest BCUT2D eigenvalue weighted by molar-refractivity contribution is 7.98. The van der Waals surface area contributed by atoms with Crippen molar-refractivity contribution in [3.05, 3.63) is 69.0 Å². The second kappa shape index (κ2) is 10.0. The van der Waals surface area contributed by atoms with E-state index in [9.17, 15) is 9.59 Å². The maximum absolute atomic E-state index is 13.3. The molecule has 1 atom stereocenters. The summed E-state index contributed by atoms with van der Waals surface area (Å²) in [5.41, 5.74) is 4.73. The van der Waals surface area contributed by atoms with E-state index in [1.807, 2.05) is 25.2 Å². The molecule has 8 heteroatoms. The zero-order chi connectivity index (χ0) is 24.4. The number of fused-ring (bicyclic) bond motifs is 3. The van der Waals surface area contributed by atoms with Crippen LogP contribution in [0.2, 0.25) is 0 Å². The Hall–Kier alpha value is -3.13. The number of aryl methyl sites for hydroxylation is 3. The van der Waals surface area contributed by atoms with Gasteiger partial charge in [-0.1, -0.05) is 49.4 Å². The minimum absolute atomic E-state index is 0.0689. The van der Waals surface area contributed by atoms with Gasteiger partial charge in [-0.15, -0.1) is 10.2 Å². The number of hydrogen-bond acceptors (Lipinski definition) is 5. The van der Waals surface area contributed by atoms with Crippen LogP contribution in [-0.4, -0.2) is 31.1 Å². The van der Waals surface area contributed by atoms with Crippen molar-refractivity contribution in [2.45, 2.75) is 71.0 Å². The Morgan fingerprint density at radius 1 is 1.12 bits per heavy atom. The number of amides is 1. The number of carbonyl (C=O) groups is 1. The number of rotatable bonds is 8. The van der Waals surface area contributed by atoms with Gasteiger partial charge in [0, 0.05) is 23.9 Å². The van der Waals surface area contributed by atoms with Crippen LogP contribution in [0.5, 0.6) is 0 Å². The van der Waals surface area contributed by atoms with Gasteiger partial charge in [0.15, 0.2) is 5.16 Å². The molecule has 2 aromatic carbocycles. The summed E-state index contributed by atoms with van der Waals surface area (Å²) in [6.45, 7) is 10.8. The Balaban J connectivity index is 1.85. The van der Waals surface area contributed by atoms with E-state index in [1.165, 1.54) is 16.7 Å². The van der Waals surface area contributed by atoms with E-state index in [-0.39, 0.29) is 17.5 Å². The zero-order valence-corrected chi connectivity index (χ0v) is 21.2. The molecular formula is C26H31N5O2S. The molecule has 34 heavy (non-hydrogen) atoms. The van der Waals surface area contributed by atoms with Gasteiger partial charge in [-0.05, 0) is 62.9 Å². The number of aromatic nitrogens is 4. The molecule has 178 valence electrons. The molecule has 0 fully saturated rings. The standard InChI is InChI=1S/C26H31N5O2S/c1-6-12-30-24(33)21-11-10-19(23(32)27-18(5)7-2)14-22(21)31-25(30)28-29-26(31)34-15-20-13-16(3)8-9-17(20)4/h8-11,13-14,18H,6-7,12,15H2,1-5H3,(H,27,32). The average molecular weight is 478 g/mol. The largest absolute Gasteiger partial charge is 0.350 e. The third-order valence-corrected chi connectivity index (χ3v) is 7.11. The van der Waals surface area contributed by atoms with Crippen LogP contribution in [0.15, 0.2) is 46.3 Å². The van der Waals surface area contributed by atoms with Gasteiger partial charge in [0.1, 0.15) is 0 Å². The molecule has 1 N–H and O–H groups in total. The van der Waals surface area contributed by atoms with Crippen LogP contribution in [0.4, 0.5) is 0 Å². The Morgan fingerprint density at radius 3 is 2.65 bits per heavy atom. The van der Waals surface area contributed by atoms with Crippen LogP contribution in [0, 0.1) is 13.8 Å². The predicted molar refractivity (Wildman–Crippen MR) is 138 cm³/mol. The molecule has 0 aliphatic rings. The molecule has 0 radical (unpaired) electrons. The van der Waals surface area contributed by atoms with Crippen molar-refractivity contribution < 1.29 is 4.79 Å². The number of benzene rings is 2. The van der Waals surface area contributed by atoms with Crippen LogP contribution in [-0.2, 0) is 12.3 Å². The third kappa shape index (κ3) is 4.59. The lowest BCUT2D eigenvalue weighted by Gasteiger charge is -2.14. The summed E-state index contributed by atoms with van der Waals surface area (Å²) >= 11 is 1.58. The van der Waals surface area contributed by atoms with E-state index in [1.54, 1.807) is 34.5 Å². The van der Waals surface area contributed by atoms with Crippen molar-refractivity contribution in [2.24, 2.45) is 0 Å². The summed E-state index contributed by atoms with van der Waals surface area (Å²) in [6.07, 6.45) is 1.64. The van der Waals surface area contributed by atoms with E-state index in [4.69, 9.17) is 0 Å². The highest BCUT2D eigenvalue weighted by Crippen LogP contribution is 2.27. The van der Waals surface area contributed by atoms with Crippen molar-refractivity contribution >= 4 is 34.3 Å². The molecule has 7 nitrogen and oxygen atoms in total. The minimum Gasteiger partial charge on any atom is -0.350 e. The second-order valence-corrected chi connectivity index (χ2v) is 9.75. The average Bonchev–Trinajstić information content (AvgIpc) is 3.25. The van der Waals surface area contributed by atoms with Crippen LogP contribution in [0.3, 0.4) is 0 Å². The molecule has 0 saturated heterocycles. The summed E-state index contributed by atoms with van der Waals surface area (Å²) < 4.78 is 3.60. The Morgan fingerprint density at radius 2 is 1.91 bits per heavy atom. The van der Waals surface area contributed by atoms with Crippen LogP contribution >= 0.6 is 11.8 Å². The van der Waals surface area contributed by atoms with Gasteiger partial charge in [0.2, 0.25) is 5.78 Å². The summed E-state index contributed by atoms with van der Waals surface area (Å²) in [5.74, 6) is 1.08. The van der Waals surface area contributed by atoms with E-state index >= 15 is 0 Å². The lowest BCUT2D eigenvalue weighted by Crippen LogP contribution is -2.32. The molecule has 2 aromatic heterocycles. The van der Waals surface area contributed by atoms with Gasteiger partial charge in [0.05, 0.1) is 10.9 Å². The van der Waals surface area contributed by atoms with Crippen molar-refractivity contribution in [3.8, 4) is 0 Å². The molecule has 1 amide bonds. The fourth-order valence-corrected chi connectivity index (χ4v) is 4.95. The van der Waals surface area contributed by atoms with Crippen molar-refractivity contribution in [2.75, 3.05) is 0 Å². The molecule has 2 heterocycles. The van der Waals surface area contributed by atoms with Gasteiger partial charge in [-0.3, -0.25) is 18.6 Å². The van der Waals surface area contributed by atoms with E-state index in [2.05, 4.69) is 47.6 Å². The molecule has 4 rings (SSSR count). The monoisotopic (exact) mass is 477 g/mol. The van der Waals surface area contributed by atoms with Crippen LogP contribution in [0.1, 0.15) is 60.7 Å². The van der Waals surface area contributed by atoms with Crippen LogP contribution in [0.25, 0.3) is 16.7 Å². The first-order valence-electron chi connectivity index (χ1n) is 11.8. The van der Waals surface area contributed by atoms with Gasteiger partial charge >= 0.3 is 0 Å². The van der Waals surface area contributed by atoms with E-state index in [0.717, 1.165) is 18.6 Å². The number of carbonyl (C=O) groups excluding carboxylic acids is 1. The molecule has 0 spiro atoms. The molecule has 0 aliphatic heterocycles. The van der Waals surface area contributed by atoms with E-state index in [0.29, 0.717) is 33.9 Å². The maximum Gasteiger partial charge on any atom is 0.262 e. The molecule has 1 unspecified atom stereocenters. The van der Waals surface area contributed by atoms with Crippen molar-refractivity contribution in [3.63, 3.8) is 0 Å². The zero-order valence-electron chi connectivity index (χ0n) is 20.4. The fraction of sp³-hybridized carbons (Fsp3) is 0.385. The summed E-state index contributed by atoms with van der Waals surface area (Å²) in [7, 11) is 0. The van der Waals surface area contributed by atoms with E-state index < -0.39 is 0 Å². The lowest BCUT2D eigenvalue weighted by atomic mass is 10.1. The Bertz CT molecular complexity index is 1420. The van der Waals surface area contributed by atoms with Crippen molar-refractivity contribution in [1.29, 1.82) is 0 Å². The van der Waals surface area contributed by atoms with Gasteiger partial charge in [0.25, 0.3) is 11.5 Å². The molecule has 0 bridgehead atoms. The minimum atomic E-state index is -0.153. The molecule has 4 aromatic rings. The topological polar surface area (TPSA) is 81.3 Å². The number of nitrogens with one attached hydrogen (secondary N) is 1. The second-order valence-electron chi connectivity index (χ2n) is 8.81. The Labute approximate surface area is 203 Å². The van der Waals surface area contributed by atoms with Gasteiger partial charge in [-0.2, -0.15) is 0 Å². The Kier molecular flexibility index (Phi) is 7.07. The quantitative estimate of drug-likeness (QED) is 0.365. The highest BCUT2D eigenvalue weighted by Gasteiger charge is 2.19. The first kappa shape index (κ1) is 24.0. The lowest BCUT2D eigenvalue weighted by molar-refractivity contribution is 0.0939. The van der Waals surface area contributed by atoms with Gasteiger partial charge in [-0.25, -0.2) is 0 Å². The molecule has 0 aliphatic carbocycles. The maximum atomic E-state index is 13.3. The number of thioether (sulfide) groups is 1. The highest BCUT2D eigenvalue weighted by atomic mass is 32.2. The normalized spacial score (nSPS) is 12.4. The van der Waals surface area contributed by atoms with Crippen molar-refractivity contribution in [1.82, 2.24) is 24.5 Å².